The first kappa shape index (κ1) is 14.5. The molecule has 0 saturated heterocycles. The Bertz CT molecular complexity index is 376. The highest BCUT2D eigenvalue weighted by Crippen LogP contribution is 2.13. The van der Waals surface area contributed by atoms with Crippen molar-refractivity contribution in [3.63, 3.8) is 0 Å². The first-order chi connectivity index (χ1) is 8.58. The molecule has 1 aromatic rings. The van der Waals surface area contributed by atoms with Gasteiger partial charge in [-0.15, -0.1) is 0 Å². The molecule has 0 bridgehead atoms. The number of carbonyl (C=O) groups is 1. The summed E-state index contributed by atoms with van der Waals surface area (Å²) in [6.45, 7) is 6.71. The first-order valence-electron chi connectivity index (χ1n) is 5.96. The van der Waals surface area contributed by atoms with E-state index in [0.717, 1.165) is 0 Å². The first-order valence-corrected chi connectivity index (χ1v) is 5.96. The van der Waals surface area contributed by atoms with Gasteiger partial charge in [0.05, 0.1) is 19.3 Å². The van der Waals surface area contributed by atoms with Gasteiger partial charge >= 0.3 is 5.97 Å². The lowest BCUT2D eigenvalue weighted by atomic mass is 10.1. The van der Waals surface area contributed by atoms with E-state index in [1.54, 1.807) is 14.0 Å². The summed E-state index contributed by atoms with van der Waals surface area (Å²) < 4.78 is 15.1. The SMILES string of the molecule is CCOC(=O)c1coc(NC(COC)C(C)C)n1. The van der Waals surface area contributed by atoms with Crippen LogP contribution >= 0.6 is 0 Å². The molecule has 0 aromatic carbocycles. The topological polar surface area (TPSA) is 73.6 Å². The van der Waals surface area contributed by atoms with E-state index in [-0.39, 0.29) is 11.7 Å². The third-order valence-corrected chi connectivity index (χ3v) is 2.45. The number of esters is 1. The van der Waals surface area contributed by atoms with Gasteiger partial charge in [-0.25, -0.2) is 4.79 Å². The molecule has 1 heterocycles. The molecule has 0 fully saturated rings. The molecule has 18 heavy (non-hydrogen) atoms. The van der Waals surface area contributed by atoms with Crippen molar-refractivity contribution in [3.05, 3.63) is 12.0 Å². The van der Waals surface area contributed by atoms with Crippen LogP contribution in [0.15, 0.2) is 10.7 Å². The average Bonchev–Trinajstić information content (AvgIpc) is 2.77. The Morgan fingerprint density at radius 2 is 2.28 bits per heavy atom. The van der Waals surface area contributed by atoms with Crippen LogP contribution in [0.3, 0.4) is 0 Å². The Balaban J connectivity index is 2.64. The van der Waals surface area contributed by atoms with Crippen LogP contribution < -0.4 is 5.32 Å². The molecule has 1 atom stereocenters. The van der Waals surface area contributed by atoms with E-state index in [0.29, 0.717) is 25.1 Å². The molecule has 0 saturated carbocycles. The van der Waals surface area contributed by atoms with E-state index in [2.05, 4.69) is 24.1 Å². The highest BCUT2D eigenvalue weighted by atomic mass is 16.5. The fraction of sp³-hybridized carbons (Fsp3) is 0.667. The van der Waals surface area contributed by atoms with E-state index in [1.807, 2.05) is 0 Å². The molecular weight excluding hydrogens is 236 g/mol. The summed E-state index contributed by atoms with van der Waals surface area (Å²) in [5.74, 6) is -0.134. The molecule has 6 heteroatoms. The number of methoxy groups -OCH3 is 1. The quantitative estimate of drug-likeness (QED) is 0.751. The molecule has 1 unspecified atom stereocenters. The minimum Gasteiger partial charge on any atom is -0.461 e. The van der Waals surface area contributed by atoms with Gasteiger partial charge in [-0.3, -0.25) is 0 Å². The van der Waals surface area contributed by atoms with Gasteiger partial charge in [0, 0.05) is 7.11 Å². The summed E-state index contributed by atoms with van der Waals surface area (Å²) in [6, 6.07) is 0.373. The fourth-order valence-corrected chi connectivity index (χ4v) is 1.38. The van der Waals surface area contributed by atoms with Crippen molar-refractivity contribution in [1.29, 1.82) is 0 Å². The van der Waals surface area contributed by atoms with Gasteiger partial charge in [0.25, 0.3) is 6.01 Å². The summed E-state index contributed by atoms with van der Waals surface area (Å²) in [5, 5.41) is 3.09. The van der Waals surface area contributed by atoms with Crippen LogP contribution in [0.5, 0.6) is 0 Å². The van der Waals surface area contributed by atoms with Crippen LogP contribution in [0.1, 0.15) is 31.3 Å². The van der Waals surface area contributed by atoms with Crippen LogP contribution in [-0.2, 0) is 9.47 Å². The van der Waals surface area contributed by atoms with E-state index in [4.69, 9.17) is 13.9 Å². The maximum absolute atomic E-state index is 11.4. The van der Waals surface area contributed by atoms with Crippen molar-refractivity contribution in [2.75, 3.05) is 25.6 Å². The monoisotopic (exact) mass is 256 g/mol. The third-order valence-electron chi connectivity index (χ3n) is 2.45. The number of carbonyl (C=O) groups excluding carboxylic acids is 1. The van der Waals surface area contributed by atoms with Gasteiger partial charge < -0.3 is 19.2 Å². The molecule has 0 radical (unpaired) electrons. The number of aromatic nitrogens is 1. The van der Waals surface area contributed by atoms with Gasteiger partial charge in [-0.1, -0.05) is 13.8 Å². The average molecular weight is 256 g/mol. The maximum Gasteiger partial charge on any atom is 0.360 e. The minimum absolute atomic E-state index is 0.0729. The van der Waals surface area contributed by atoms with Crippen molar-refractivity contribution in [2.45, 2.75) is 26.8 Å². The summed E-state index contributed by atoms with van der Waals surface area (Å²) in [4.78, 5) is 15.4. The molecule has 0 amide bonds. The predicted molar refractivity (Wildman–Crippen MR) is 66.6 cm³/mol. The number of oxazole rings is 1. The zero-order chi connectivity index (χ0) is 13.5. The summed E-state index contributed by atoms with van der Waals surface area (Å²) in [5.41, 5.74) is 0.166. The second kappa shape index (κ2) is 7.00. The van der Waals surface area contributed by atoms with Crippen LogP contribution in [-0.4, -0.2) is 37.3 Å². The summed E-state index contributed by atoms with van der Waals surface area (Å²) in [6.07, 6.45) is 1.28. The lowest BCUT2D eigenvalue weighted by Crippen LogP contribution is -2.30. The van der Waals surface area contributed by atoms with E-state index in [1.165, 1.54) is 6.26 Å². The molecule has 0 spiro atoms. The molecule has 0 aliphatic carbocycles. The van der Waals surface area contributed by atoms with Gasteiger partial charge in [0.15, 0.2) is 5.69 Å². The number of nitrogens with zero attached hydrogens (tertiary/aromatic N) is 1. The van der Waals surface area contributed by atoms with Gasteiger partial charge in [0.2, 0.25) is 0 Å². The lowest BCUT2D eigenvalue weighted by molar-refractivity contribution is 0.0519. The fourth-order valence-electron chi connectivity index (χ4n) is 1.38. The number of rotatable bonds is 7. The van der Waals surface area contributed by atoms with Crippen LogP contribution in [0.25, 0.3) is 0 Å². The molecule has 102 valence electrons. The Morgan fingerprint density at radius 1 is 1.56 bits per heavy atom. The molecule has 1 N–H and O–H groups in total. The Morgan fingerprint density at radius 3 is 2.83 bits per heavy atom. The van der Waals surface area contributed by atoms with Gasteiger partial charge in [0.1, 0.15) is 6.26 Å². The molecular formula is C12H20N2O4. The summed E-state index contributed by atoms with van der Waals surface area (Å²) in [7, 11) is 1.64. The smallest absolute Gasteiger partial charge is 0.360 e. The van der Waals surface area contributed by atoms with Crippen molar-refractivity contribution in [2.24, 2.45) is 5.92 Å². The van der Waals surface area contributed by atoms with Crippen LogP contribution in [0.2, 0.25) is 0 Å². The lowest BCUT2D eigenvalue weighted by Gasteiger charge is -2.20. The van der Waals surface area contributed by atoms with Crippen LogP contribution in [0, 0.1) is 5.92 Å². The molecule has 1 aromatic heterocycles. The van der Waals surface area contributed by atoms with E-state index < -0.39 is 5.97 Å². The molecule has 0 aliphatic heterocycles. The second-order valence-electron chi connectivity index (χ2n) is 4.21. The Kier molecular flexibility index (Phi) is 5.64. The van der Waals surface area contributed by atoms with Gasteiger partial charge in [-0.2, -0.15) is 4.98 Å². The molecule has 1 rings (SSSR count). The Hall–Kier alpha value is -1.56. The zero-order valence-corrected chi connectivity index (χ0v) is 11.2. The summed E-state index contributed by atoms with van der Waals surface area (Å²) >= 11 is 0. The molecule has 6 nitrogen and oxygen atoms in total. The van der Waals surface area contributed by atoms with Crippen molar-refractivity contribution < 1.29 is 18.7 Å². The second-order valence-corrected chi connectivity index (χ2v) is 4.21. The van der Waals surface area contributed by atoms with E-state index in [9.17, 15) is 4.79 Å². The van der Waals surface area contributed by atoms with E-state index >= 15 is 0 Å². The highest BCUT2D eigenvalue weighted by molar-refractivity contribution is 5.87. The number of ether oxygens (including phenoxy) is 2. The van der Waals surface area contributed by atoms with Crippen molar-refractivity contribution in [3.8, 4) is 0 Å². The number of hydrogen-bond donors (Lipinski definition) is 1. The maximum atomic E-state index is 11.4. The Labute approximate surface area is 107 Å². The molecule has 0 aliphatic rings. The third kappa shape index (κ3) is 4.03. The normalized spacial score (nSPS) is 12.5. The van der Waals surface area contributed by atoms with Crippen molar-refractivity contribution in [1.82, 2.24) is 4.98 Å². The standard InChI is InChI=1S/C12H20N2O4/c1-5-17-11(15)10-7-18-12(14-10)13-9(6-16-4)8(2)3/h7-9H,5-6H2,1-4H3,(H,13,14). The van der Waals surface area contributed by atoms with Gasteiger partial charge in [-0.05, 0) is 12.8 Å². The largest absolute Gasteiger partial charge is 0.461 e. The number of anilines is 1. The zero-order valence-electron chi connectivity index (χ0n) is 11.2. The number of nitrogens with one attached hydrogen (secondary N) is 1. The van der Waals surface area contributed by atoms with Crippen LogP contribution in [0.4, 0.5) is 6.01 Å². The number of hydrogen-bond acceptors (Lipinski definition) is 6. The highest BCUT2D eigenvalue weighted by Gasteiger charge is 2.18. The predicted octanol–water partition coefficient (Wildman–Crippen LogP) is 1.93. The minimum atomic E-state index is -0.484. The van der Waals surface area contributed by atoms with Crippen molar-refractivity contribution >= 4 is 12.0 Å².